The molecule has 0 radical (unpaired) electrons. The van der Waals surface area contributed by atoms with Crippen molar-refractivity contribution in [1.29, 1.82) is 0 Å². The number of nitrogens with zero attached hydrogens (tertiary/aromatic N) is 1. The molecule has 1 N–H and O–H groups in total. The number of ether oxygens (including phenoxy) is 1. The van der Waals surface area contributed by atoms with Gasteiger partial charge in [0.05, 0.1) is 5.52 Å². The monoisotopic (exact) mass is 261 g/mol. The number of aliphatic hydroxyl groups excluding tert-OH is 1. The van der Waals surface area contributed by atoms with Crippen LogP contribution in [-0.2, 0) is 11.2 Å². The van der Waals surface area contributed by atoms with Crippen molar-refractivity contribution in [3.8, 4) is 0 Å². The summed E-state index contributed by atoms with van der Waals surface area (Å²) in [5, 5.41) is 10.1. The topological polar surface area (TPSA) is 51.5 Å². The van der Waals surface area contributed by atoms with E-state index in [-0.39, 0.29) is 6.61 Å². The van der Waals surface area contributed by atoms with Gasteiger partial charge < -0.3 is 9.84 Å². The van der Waals surface area contributed by atoms with E-state index in [0.29, 0.717) is 6.42 Å². The Labute approximate surface area is 112 Å². The number of carbonyl (C=O) groups excluding carboxylic acids is 1. The Morgan fingerprint density at radius 1 is 1.32 bits per heavy atom. The van der Waals surface area contributed by atoms with E-state index in [2.05, 4.69) is 0 Å². The highest BCUT2D eigenvalue weighted by Crippen LogP contribution is 2.22. The van der Waals surface area contributed by atoms with Crippen molar-refractivity contribution in [2.75, 3.05) is 6.61 Å². The van der Waals surface area contributed by atoms with Crippen molar-refractivity contribution in [3.05, 3.63) is 36.0 Å². The molecule has 102 valence electrons. The van der Waals surface area contributed by atoms with E-state index in [0.717, 1.165) is 16.6 Å². The second-order valence-electron chi connectivity index (χ2n) is 5.48. The summed E-state index contributed by atoms with van der Waals surface area (Å²) in [6, 6.07) is 9.53. The van der Waals surface area contributed by atoms with Crippen molar-refractivity contribution in [1.82, 2.24) is 4.57 Å². The SMILES string of the molecule is CC(C)(C)OC(=O)n1c(CCO)cc2ccccc21. The first kappa shape index (κ1) is 13.6. The van der Waals surface area contributed by atoms with Gasteiger partial charge in [-0.15, -0.1) is 0 Å². The molecule has 4 heteroatoms. The van der Waals surface area contributed by atoms with Crippen LogP contribution in [0.2, 0.25) is 0 Å². The van der Waals surface area contributed by atoms with Crippen LogP contribution in [-0.4, -0.2) is 28.0 Å². The molecular weight excluding hydrogens is 242 g/mol. The lowest BCUT2D eigenvalue weighted by Crippen LogP contribution is -2.28. The van der Waals surface area contributed by atoms with Crippen LogP contribution in [0.1, 0.15) is 26.5 Å². The summed E-state index contributed by atoms with van der Waals surface area (Å²) < 4.78 is 6.96. The molecule has 0 atom stereocenters. The number of benzene rings is 1. The molecule has 19 heavy (non-hydrogen) atoms. The maximum atomic E-state index is 12.3. The van der Waals surface area contributed by atoms with Gasteiger partial charge in [0.1, 0.15) is 5.60 Å². The Hall–Kier alpha value is -1.81. The Balaban J connectivity index is 2.50. The number of aliphatic hydroxyl groups is 1. The highest BCUT2D eigenvalue weighted by molar-refractivity contribution is 5.91. The normalized spacial score (nSPS) is 11.8. The molecule has 2 rings (SSSR count). The number of hydrogen-bond acceptors (Lipinski definition) is 3. The fourth-order valence-electron chi connectivity index (χ4n) is 2.03. The minimum Gasteiger partial charge on any atom is -0.443 e. The molecule has 0 saturated heterocycles. The number of rotatable bonds is 2. The third-order valence-corrected chi connectivity index (χ3v) is 2.73. The maximum absolute atomic E-state index is 12.3. The molecule has 0 fully saturated rings. The van der Waals surface area contributed by atoms with Crippen LogP contribution in [0.3, 0.4) is 0 Å². The number of aromatic nitrogens is 1. The summed E-state index contributed by atoms with van der Waals surface area (Å²) >= 11 is 0. The van der Waals surface area contributed by atoms with Crippen LogP contribution in [0.25, 0.3) is 10.9 Å². The van der Waals surface area contributed by atoms with Crippen LogP contribution < -0.4 is 0 Å². The quantitative estimate of drug-likeness (QED) is 0.904. The van der Waals surface area contributed by atoms with Gasteiger partial charge in [-0.3, -0.25) is 0 Å². The molecule has 0 bridgehead atoms. The average molecular weight is 261 g/mol. The molecule has 4 nitrogen and oxygen atoms in total. The molecule has 1 heterocycles. The third-order valence-electron chi connectivity index (χ3n) is 2.73. The summed E-state index contributed by atoms with van der Waals surface area (Å²) in [7, 11) is 0. The van der Waals surface area contributed by atoms with Gasteiger partial charge in [-0.05, 0) is 32.9 Å². The molecule has 0 aliphatic carbocycles. The van der Waals surface area contributed by atoms with Gasteiger partial charge in [-0.1, -0.05) is 18.2 Å². The van der Waals surface area contributed by atoms with Gasteiger partial charge in [0.15, 0.2) is 0 Å². The zero-order valence-electron chi connectivity index (χ0n) is 11.5. The van der Waals surface area contributed by atoms with E-state index in [1.807, 2.05) is 51.1 Å². The lowest BCUT2D eigenvalue weighted by Gasteiger charge is -2.20. The molecule has 0 unspecified atom stereocenters. The minimum absolute atomic E-state index is 0.000873. The second kappa shape index (κ2) is 5.05. The Kier molecular flexibility index (Phi) is 3.62. The summed E-state index contributed by atoms with van der Waals surface area (Å²) in [4.78, 5) is 12.3. The summed E-state index contributed by atoms with van der Waals surface area (Å²) in [5.74, 6) is 0. The lowest BCUT2D eigenvalue weighted by molar-refractivity contribution is 0.0539. The van der Waals surface area contributed by atoms with E-state index in [1.165, 1.54) is 4.57 Å². The summed E-state index contributed by atoms with van der Waals surface area (Å²) in [6.45, 7) is 5.51. The number of hydrogen-bond donors (Lipinski definition) is 1. The average Bonchev–Trinajstić information content (AvgIpc) is 2.65. The Morgan fingerprint density at radius 3 is 2.63 bits per heavy atom. The molecule has 0 aliphatic rings. The maximum Gasteiger partial charge on any atom is 0.419 e. The smallest absolute Gasteiger partial charge is 0.419 e. The van der Waals surface area contributed by atoms with Crippen LogP contribution in [0.15, 0.2) is 30.3 Å². The molecule has 1 aromatic heterocycles. The third kappa shape index (κ3) is 2.96. The van der Waals surface area contributed by atoms with E-state index >= 15 is 0 Å². The van der Waals surface area contributed by atoms with Gasteiger partial charge in [-0.2, -0.15) is 0 Å². The first-order valence-corrected chi connectivity index (χ1v) is 6.36. The van der Waals surface area contributed by atoms with Gasteiger partial charge in [0, 0.05) is 24.1 Å². The molecular formula is C15H19NO3. The van der Waals surface area contributed by atoms with Gasteiger partial charge in [0.2, 0.25) is 0 Å². The van der Waals surface area contributed by atoms with Crippen molar-refractivity contribution in [2.24, 2.45) is 0 Å². The molecule has 0 spiro atoms. The van der Waals surface area contributed by atoms with E-state index < -0.39 is 11.7 Å². The first-order chi connectivity index (χ1) is 8.92. The van der Waals surface area contributed by atoms with Crippen molar-refractivity contribution in [3.63, 3.8) is 0 Å². The highest BCUT2D eigenvalue weighted by atomic mass is 16.6. The van der Waals surface area contributed by atoms with Crippen LogP contribution >= 0.6 is 0 Å². The number of fused-ring (bicyclic) bond motifs is 1. The van der Waals surface area contributed by atoms with Gasteiger partial charge in [-0.25, -0.2) is 9.36 Å². The van der Waals surface area contributed by atoms with Crippen molar-refractivity contribution in [2.45, 2.75) is 32.8 Å². The van der Waals surface area contributed by atoms with Crippen LogP contribution in [0.4, 0.5) is 4.79 Å². The minimum atomic E-state index is -0.543. The molecule has 1 aromatic carbocycles. The predicted molar refractivity (Wildman–Crippen MR) is 74.4 cm³/mol. The summed E-state index contributed by atoms with van der Waals surface area (Å²) in [5.41, 5.74) is 1.03. The predicted octanol–water partition coefficient (Wildman–Crippen LogP) is 2.96. The van der Waals surface area contributed by atoms with Gasteiger partial charge in [0.25, 0.3) is 0 Å². The van der Waals surface area contributed by atoms with Crippen LogP contribution in [0.5, 0.6) is 0 Å². The first-order valence-electron chi connectivity index (χ1n) is 6.36. The van der Waals surface area contributed by atoms with Crippen molar-refractivity contribution < 1.29 is 14.6 Å². The zero-order valence-corrected chi connectivity index (χ0v) is 11.5. The van der Waals surface area contributed by atoms with Gasteiger partial charge >= 0.3 is 6.09 Å². The number of para-hydroxylation sites is 1. The standard InChI is InChI=1S/C15H19NO3/c1-15(2,3)19-14(18)16-12(8-9-17)10-11-6-4-5-7-13(11)16/h4-7,10,17H,8-9H2,1-3H3. The lowest BCUT2D eigenvalue weighted by atomic mass is 10.2. The van der Waals surface area contributed by atoms with E-state index in [1.54, 1.807) is 0 Å². The fourth-order valence-corrected chi connectivity index (χ4v) is 2.03. The van der Waals surface area contributed by atoms with Crippen LogP contribution in [0, 0.1) is 0 Å². The summed E-state index contributed by atoms with van der Waals surface area (Å²) in [6.07, 6.45) is 0.0191. The van der Waals surface area contributed by atoms with E-state index in [9.17, 15) is 4.79 Å². The molecule has 2 aromatic rings. The largest absolute Gasteiger partial charge is 0.443 e. The zero-order chi connectivity index (χ0) is 14.0. The Bertz CT molecular complexity index is 593. The molecule has 0 amide bonds. The van der Waals surface area contributed by atoms with E-state index in [4.69, 9.17) is 9.84 Å². The molecule has 0 aliphatic heterocycles. The van der Waals surface area contributed by atoms with Crippen molar-refractivity contribution >= 4 is 17.0 Å². The highest BCUT2D eigenvalue weighted by Gasteiger charge is 2.21. The fraction of sp³-hybridized carbons (Fsp3) is 0.400. The number of carbonyl (C=O) groups is 1. The second-order valence-corrected chi connectivity index (χ2v) is 5.48. The Morgan fingerprint density at radius 2 is 2.00 bits per heavy atom. The molecule has 0 saturated carbocycles.